The van der Waals surface area contributed by atoms with Gasteiger partial charge in [-0.05, 0) is 24.5 Å². The lowest BCUT2D eigenvalue weighted by Crippen LogP contribution is -2.14. The number of aryl methyl sites for hydroxylation is 1. The van der Waals surface area contributed by atoms with Crippen molar-refractivity contribution in [1.29, 1.82) is 0 Å². The van der Waals surface area contributed by atoms with Crippen molar-refractivity contribution in [3.63, 3.8) is 0 Å². The average molecular weight is 163 g/mol. The van der Waals surface area contributed by atoms with Gasteiger partial charge in [0.15, 0.2) is 0 Å². The summed E-state index contributed by atoms with van der Waals surface area (Å²) in [6.07, 6.45) is 2.34. The second kappa shape index (κ2) is 3.11. The molecule has 0 fully saturated rings. The topological polar surface area (TPSA) is 50.9 Å². The summed E-state index contributed by atoms with van der Waals surface area (Å²) in [6, 6.07) is 4.13. The number of nitrogens with zero attached hydrogens (tertiary/aromatic N) is 1. The summed E-state index contributed by atoms with van der Waals surface area (Å²) in [5.74, 6) is 1.03. The summed E-state index contributed by atoms with van der Waals surface area (Å²) >= 11 is 0. The normalized spacial score (nSPS) is 15.1. The van der Waals surface area contributed by atoms with E-state index in [9.17, 15) is 0 Å². The van der Waals surface area contributed by atoms with Crippen LogP contribution in [0.3, 0.4) is 0 Å². The van der Waals surface area contributed by atoms with E-state index in [1.807, 2.05) is 6.07 Å². The highest BCUT2D eigenvalue weighted by Gasteiger charge is 2.08. The van der Waals surface area contributed by atoms with Crippen LogP contribution in [0.4, 0.5) is 5.82 Å². The van der Waals surface area contributed by atoms with E-state index in [4.69, 9.17) is 5.73 Å². The van der Waals surface area contributed by atoms with Gasteiger partial charge in [0.25, 0.3) is 0 Å². The number of nitrogens with one attached hydrogen (secondary N) is 1. The highest BCUT2D eigenvalue weighted by Crippen LogP contribution is 2.19. The van der Waals surface area contributed by atoms with Gasteiger partial charge in [0.05, 0.1) is 5.69 Å². The van der Waals surface area contributed by atoms with Crippen molar-refractivity contribution in [2.24, 2.45) is 5.73 Å². The van der Waals surface area contributed by atoms with Crippen LogP contribution in [0.1, 0.15) is 17.7 Å². The van der Waals surface area contributed by atoms with Gasteiger partial charge in [-0.25, -0.2) is 4.98 Å². The van der Waals surface area contributed by atoms with E-state index < -0.39 is 0 Å². The molecule has 3 heteroatoms. The van der Waals surface area contributed by atoms with Gasteiger partial charge in [-0.2, -0.15) is 0 Å². The monoisotopic (exact) mass is 163 g/mol. The fraction of sp³-hybridized carbons (Fsp3) is 0.444. The SMILES string of the molecule is NCc1ccc2c(n1)NCCC2. The maximum atomic E-state index is 5.49. The summed E-state index contributed by atoms with van der Waals surface area (Å²) in [4.78, 5) is 4.40. The average Bonchev–Trinajstić information content (AvgIpc) is 2.17. The van der Waals surface area contributed by atoms with Gasteiger partial charge in [0.2, 0.25) is 0 Å². The molecule has 3 N–H and O–H groups in total. The smallest absolute Gasteiger partial charge is 0.129 e. The minimum Gasteiger partial charge on any atom is -0.370 e. The van der Waals surface area contributed by atoms with Gasteiger partial charge in [0.1, 0.15) is 5.82 Å². The number of rotatable bonds is 1. The molecule has 0 bridgehead atoms. The molecule has 0 radical (unpaired) electrons. The van der Waals surface area contributed by atoms with E-state index in [-0.39, 0.29) is 0 Å². The lowest BCUT2D eigenvalue weighted by atomic mass is 10.1. The zero-order valence-electron chi connectivity index (χ0n) is 7.01. The molecule has 0 aromatic carbocycles. The minimum absolute atomic E-state index is 0.523. The Balaban J connectivity index is 2.36. The molecule has 64 valence electrons. The first-order valence-electron chi connectivity index (χ1n) is 4.33. The maximum absolute atomic E-state index is 5.49. The molecule has 1 aromatic heterocycles. The fourth-order valence-corrected chi connectivity index (χ4v) is 1.48. The van der Waals surface area contributed by atoms with Gasteiger partial charge < -0.3 is 11.1 Å². The van der Waals surface area contributed by atoms with E-state index in [0.29, 0.717) is 6.54 Å². The molecule has 0 amide bonds. The third-order valence-electron chi connectivity index (χ3n) is 2.16. The van der Waals surface area contributed by atoms with Crippen LogP contribution in [0.2, 0.25) is 0 Å². The van der Waals surface area contributed by atoms with Gasteiger partial charge in [-0.3, -0.25) is 0 Å². The number of hydrogen-bond acceptors (Lipinski definition) is 3. The second-order valence-electron chi connectivity index (χ2n) is 3.04. The molecule has 0 spiro atoms. The minimum atomic E-state index is 0.523. The van der Waals surface area contributed by atoms with Crippen molar-refractivity contribution in [3.8, 4) is 0 Å². The lowest BCUT2D eigenvalue weighted by molar-refractivity contribution is 0.809. The van der Waals surface area contributed by atoms with Crippen molar-refractivity contribution in [1.82, 2.24) is 4.98 Å². The van der Waals surface area contributed by atoms with Crippen LogP contribution in [0, 0.1) is 0 Å². The largest absolute Gasteiger partial charge is 0.370 e. The molecule has 12 heavy (non-hydrogen) atoms. The van der Waals surface area contributed by atoms with E-state index in [0.717, 1.165) is 24.5 Å². The predicted molar refractivity (Wildman–Crippen MR) is 48.9 cm³/mol. The van der Waals surface area contributed by atoms with Gasteiger partial charge in [-0.1, -0.05) is 6.07 Å². The Labute approximate surface area is 72.0 Å². The summed E-state index contributed by atoms with van der Waals surface area (Å²) in [5.41, 5.74) is 7.77. The van der Waals surface area contributed by atoms with Crippen molar-refractivity contribution >= 4 is 5.82 Å². The molecular weight excluding hydrogens is 150 g/mol. The van der Waals surface area contributed by atoms with Crippen LogP contribution in [-0.2, 0) is 13.0 Å². The van der Waals surface area contributed by atoms with Crippen LogP contribution in [0.5, 0.6) is 0 Å². The fourth-order valence-electron chi connectivity index (χ4n) is 1.48. The molecule has 1 aliphatic heterocycles. The van der Waals surface area contributed by atoms with Crippen LogP contribution >= 0.6 is 0 Å². The Kier molecular flexibility index (Phi) is 1.96. The molecule has 0 aliphatic carbocycles. The van der Waals surface area contributed by atoms with E-state index in [2.05, 4.69) is 16.4 Å². The molecule has 1 aromatic rings. The predicted octanol–water partition coefficient (Wildman–Crippen LogP) is 0.898. The first-order chi connectivity index (χ1) is 5.90. The van der Waals surface area contributed by atoms with Crippen LogP contribution in [-0.4, -0.2) is 11.5 Å². The maximum Gasteiger partial charge on any atom is 0.129 e. The van der Waals surface area contributed by atoms with Gasteiger partial charge in [0, 0.05) is 13.1 Å². The first kappa shape index (κ1) is 7.55. The van der Waals surface area contributed by atoms with Crippen molar-refractivity contribution in [2.45, 2.75) is 19.4 Å². The zero-order chi connectivity index (χ0) is 8.39. The third kappa shape index (κ3) is 1.28. The Hall–Kier alpha value is -1.09. The molecule has 2 rings (SSSR count). The Morgan fingerprint density at radius 3 is 3.25 bits per heavy atom. The summed E-state index contributed by atoms with van der Waals surface area (Å²) < 4.78 is 0. The van der Waals surface area contributed by atoms with Gasteiger partial charge in [-0.15, -0.1) is 0 Å². The van der Waals surface area contributed by atoms with Crippen LogP contribution in [0.25, 0.3) is 0 Å². The molecule has 2 heterocycles. The van der Waals surface area contributed by atoms with E-state index >= 15 is 0 Å². The molecular formula is C9H13N3. The highest BCUT2D eigenvalue weighted by molar-refractivity contribution is 5.46. The lowest BCUT2D eigenvalue weighted by Gasteiger charge is -2.16. The van der Waals surface area contributed by atoms with E-state index in [1.54, 1.807) is 0 Å². The number of aromatic nitrogens is 1. The number of hydrogen-bond donors (Lipinski definition) is 2. The second-order valence-corrected chi connectivity index (χ2v) is 3.04. The molecule has 0 atom stereocenters. The highest BCUT2D eigenvalue weighted by atomic mass is 15.0. The number of anilines is 1. The Morgan fingerprint density at radius 2 is 2.42 bits per heavy atom. The Morgan fingerprint density at radius 1 is 1.50 bits per heavy atom. The standard InChI is InChI=1S/C9H13N3/c10-6-8-4-3-7-2-1-5-11-9(7)12-8/h3-4H,1-2,5-6,10H2,(H,11,12). The van der Waals surface area contributed by atoms with E-state index in [1.165, 1.54) is 12.0 Å². The van der Waals surface area contributed by atoms with Crippen molar-refractivity contribution < 1.29 is 0 Å². The molecule has 0 saturated carbocycles. The molecule has 0 saturated heterocycles. The van der Waals surface area contributed by atoms with Crippen LogP contribution in [0.15, 0.2) is 12.1 Å². The van der Waals surface area contributed by atoms with Crippen molar-refractivity contribution in [2.75, 3.05) is 11.9 Å². The summed E-state index contributed by atoms with van der Waals surface area (Å²) in [6.45, 7) is 1.56. The number of pyridine rings is 1. The third-order valence-corrected chi connectivity index (χ3v) is 2.16. The summed E-state index contributed by atoms with van der Waals surface area (Å²) in [5, 5.41) is 3.27. The summed E-state index contributed by atoms with van der Waals surface area (Å²) in [7, 11) is 0. The number of fused-ring (bicyclic) bond motifs is 1. The molecule has 1 aliphatic rings. The zero-order valence-corrected chi connectivity index (χ0v) is 7.01. The number of nitrogens with two attached hydrogens (primary N) is 1. The Bertz CT molecular complexity index is 283. The quantitative estimate of drug-likeness (QED) is 0.646. The molecule has 0 unspecified atom stereocenters. The van der Waals surface area contributed by atoms with Crippen LogP contribution < -0.4 is 11.1 Å². The van der Waals surface area contributed by atoms with Crippen molar-refractivity contribution in [3.05, 3.63) is 23.4 Å². The van der Waals surface area contributed by atoms with Gasteiger partial charge >= 0.3 is 0 Å². The molecule has 3 nitrogen and oxygen atoms in total. The first-order valence-corrected chi connectivity index (χ1v) is 4.33.